The van der Waals surface area contributed by atoms with Gasteiger partial charge in [-0.25, -0.2) is 0 Å². The van der Waals surface area contributed by atoms with Gasteiger partial charge in [0.2, 0.25) is 0 Å². The summed E-state index contributed by atoms with van der Waals surface area (Å²) in [6.07, 6.45) is 0. The van der Waals surface area contributed by atoms with E-state index < -0.39 is 0 Å². The SMILES string of the molecule is Cc1cccc(-c2ccc3ccc4sc5ccc6ccccc6c5c4c3c2)c1. The second kappa shape index (κ2) is 5.92. The number of thiophene rings is 1. The van der Waals surface area contributed by atoms with Crippen LogP contribution in [0.2, 0.25) is 0 Å². The minimum Gasteiger partial charge on any atom is -0.135 e. The maximum atomic E-state index is 2.38. The Balaban J connectivity index is 1.78. The lowest BCUT2D eigenvalue weighted by molar-refractivity contribution is 1.47. The summed E-state index contributed by atoms with van der Waals surface area (Å²) >= 11 is 1.90. The van der Waals surface area contributed by atoms with Crippen LogP contribution in [0, 0.1) is 6.92 Å². The summed E-state index contributed by atoms with van der Waals surface area (Å²) in [5, 5.41) is 8.09. The van der Waals surface area contributed by atoms with E-state index in [0.717, 1.165) is 0 Å². The van der Waals surface area contributed by atoms with E-state index in [0.29, 0.717) is 0 Å². The molecule has 1 heterocycles. The monoisotopic (exact) mass is 374 g/mol. The minimum absolute atomic E-state index is 1.28. The molecular weight excluding hydrogens is 356 g/mol. The number of hydrogen-bond acceptors (Lipinski definition) is 1. The largest absolute Gasteiger partial charge is 0.135 e. The van der Waals surface area contributed by atoms with Crippen LogP contribution in [0.1, 0.15) is 5.56 Å². The number of benzene rings is 5. The summed E-state index contributed by atoms with van der Waals surface area (Å²) in [6.45, 7) is 2.15. The van der Waals surface area contributed by atoms with Crippen molar-refractivity contribution in [3.8, 4) is 11.1 Å². The molecule has 0 fully saturated rings. The highest BCUT2D eigenvalue weighted by atomic mass is 32.1. The van der Waals surface area contributed by atoms with Crippen molar-refractivity contribution in [3.63, 3.8) is 0 Å². The van der Waals surface area contributed by atoms with Gasteiger partial charge in [0, 0.05) is 20.2 Å². The highest BCUT2D eigenvalue weighted by Gasteiger charge is 2.12. The van der Waals surface area contributed by atoms with Gasteiger partial charge in [-0.15, -0.1) is 11.3 Å². The molecule has 0 aliphatic carbocycles. The third-order valence-electron chi connectivity index (χ3n) is 5.70. The summed E-state index contributed by atoms with van der Waals surface area (Å²) in [6, 6.07) is 33.4. The second-order valence-corrected chi connectivity index (χ2v) is 8.59. The Morgan fingerprint density at radius 1 is 0.536 bits per heavy atom. The van der Waals surface area contributed by atoms with E-state index in [4.69, 9.17) is 0 Å². The molecular formula is C27H18S. The summed E-state index contributed by atoms with van der Waals surface area (Å²) in [4.78, 5) is 0. The van der Waals surface area contributed by atoms with Crippen LogP contribution in [-0.4, -0.2) is 0 Å². The van der Waals surface area contributed by atoms with Gasteiger partial charge in [0.25, 0.3) is 0 Å². The van der Waals surface area contributed by atoms with Crippen LogP contribution < -0.4 is 0 Å². The summed E-state index contributed by atoms with van der Waals surface area (Å²) in [5.74, 6) is 0. The van der Waals surface area contributed by atoms with Crippen molar-refractivity contribution in [3.05, 3.63) is 96.6 Å². The second-order valence-electron chi connectivity index (χ2n) is 7.51. The predicted molar refractivity (Wildman–Crippen MR) is 125 cm³/mol. The first-order valence-electron chi connectivity index (χ1n) is 9.62. The maximum absolute atomic E-state index is 2.38. The lowest BCUT2D eigenvalue weighted by Gasteiger charge is -2.08. The number of fused-ring (bicyclic) bond motifs is 7. The van der Waals surface area contributed by atoms with Gasteiger partial charge in [0.1, 0.15) is 0 Å². The molecule has 28 heavy (non-hydrogen) atoms. The lowest BCUT2D eigenvalue weighted by Crippen LogP contribution is -1.82. The molecule has 6 aromatic rings. The van der Waals surface area contributed by atoms with Crippen molar-refractivity contribution in [2.45, 2.75) is 6.92 Å². The van der Waals surface area contributed by atoms with Crippen LogP contribution in [-0.2, 0) is 0 Å². The zero-order chi connectivity index (χ0) is 18.7. The van der Waals surface area contributed by atoms with Gasteiger partial charge in [-0.2, -0.15) is 0 Å². The summed E-state index contributed by atoms with van der Waals surface area (Å²) < 4.78 is 2.72. The molecule has 0 amide bonds. The molecule has 0 atom stereocenters. The minimum atomic E-state index is 1.28. The van der Waals surface area contributed by atoms with E-state index in [-0.39, 0.29) is 0 Å². The molecule has 0 N–H and O–H groups in total. The van der Waals surface area contributed by atoms with E-state index in [1.54, 1.807) is 0 Å². The Bertz CT molecular complexity index is 1520. The van der Waals surface area contributed by atoms with Gasteiger partial charge in [-0.3, -0.25) is 0 Å². The predicted octanol–water partition coefficient (Wildman–Crippen LogP) is 8.34. The first-order valence-corrected chi connectivity index (χ1v) is 10.4. The zero-order valence-electron chi connectivity index (χ0n) is 15.6. The van der Waals surface area contributed by atoms with Crippen LogP contribution >= 0.6 is 11.3 Å². The molecule has 0 aliphatic heterocycles. The first-order chi connectivity index (χ1) is 13.8. The molecule has 5 aromatic carbocycles. The normalized spacial score (nSPS) is 11.8. The highest BCUT2D eigenvalue weighted by Crippen LogP contribution is 2.42. The molecule has 0 nitrogen and oxygen atoms in total. The average Bonchev–Trinajstić information content (AvgIpc) is 3.13. The fourth-order valence-electron chi connectivity index (χ4n) is 4.36. The Labute approximate surface area is 167 Å². The topological polar surface area (TPSA) is 0 Å². The number of rotatable bonds is 1. The molecule has 0 saturated carbocycles. The molecule has 0 aliphatic rings. The molecule has 0 unspecified atom stereocenters. The molecule has 1 aromatic heterocycles. The standard InChI is InChI=1S/C27H18S/c1-17-5-4-7-20(15-17)21-10-9-19-12-14-25-27(23(19)16-21)26-22-8-3-2-6-18(22)11-13-24(26)28-25/h2-16H,1H3. The Hall–Kier alpha value is -3.16. The first kappa shape index (κ1) is 15.9. The van der Waals surface area contributed by atoms with Crippen LogP contribution in [0.4, 0.5) is 0 Å². The van der Waals surface area contributed by atoms with Crippen molar-refractivity contribution >= 4 is 53.1 Å². The molecule has 1 heteroatoms. The van der Waals surface area contributed by atoms with E-state index >= 15 is 0 Å². The average molecular weight is 375 g/mol. The molecule has 0 spiro atoms. The van der Waals surface area contributed by atoms with Crippen molar-refractivity contribution in [1.29, 1.82) is 0 Å². The van der Waals surface area contributed by atoms with E-state index in [2.05, 4.69) is 97.9 Å². The van der Waals surface area contributed by atoms with Gasteiger partial charge in [-0.05, 0) is 57.8 Å². The summed E-state index contributed by atoms with van der Waals surface area (Å²) in [7, 11) is 0. The van der Waals surface area contributed by atoms with Gasteiger partial charge in [0.05, 0.1) is 0 Å². The zero-order valence-corrected chi connectivity index (χ0v) is 16.4. The van der Waals surface area contributed by atoms with Crippen LogP contribution in [0.15, 0.2) is 91.0 Å². The third kappa shape index (κ3) is 2.30. The van der Waals surface area contributed by atoms with Crippen LogP contribution in [0.3, 0.4) is 0 Å². The van der Waals surface area contributed by atoms with Crippen molar-refractivity contribution < 1.29 is 0 Å². The molecule has 132 valence electrons. The smallest absolute Gasteiger partial charge is 0.0362 e. The number of hydrogen-bond donors (Lipinski definition) is 0. The van der Waals surface area contributed by atoms with Crippen molar-refractivity contribution in [2.75, 3.05) is 0 Å². The van der Waals surface area contributed by atoms with Gasteiger partial charge >= 0.3 is 0 Å². The third-order valence-corrected chi connectivity index (χ3v) is 6.82. The molecule has 0 radical (unpaired) electrons. The lowest BCUT2D eigenvalue weighted by atomic mass is 9.96. The van der Waals surface area contributed by atoms with E-state index in [1.807, 2.05) is 11.3 Å². The maximum Gasteiger partial charge on any atom is 0.0362 e. The molecule has 0 bridgehead atoms. The Kier molecular flexibility index (Phi) is 3.35. The number of aryl methyl sites for hydroxylation is 1. The van der Waals surface area contributed by atoms with Gasteiger partial charge in [-0.1, -0.05) is 78.4 Å². The van der Waals surface area contributed by atoms with E-state index in [9.17, 15) is 0 Å². The Morgan fingerprint density at radius 3 is 2.04 bits per heavy atom. The summed E-state index contributed by atoms with van der Waals surface area (Å²) in [5.41, 5.74) is 3.86. The quantitative estimate of drug-likeness (QED) is 0.271. The van der Waals surface area contributed by atoms with E-state index in [1.165, 1.54) is 58.4 Å². The molecule has 6 rings (SSSR count). The van der Waals surface area contributed by atoms with Crippen LogP contribution in [0.25, 0.3) is 52.8 Å². The Morgan fingerprint density at radius 2 is 1.21 bits per heavy atom. The fraction of sp³-hybridized carbons (Fsp3) is 0.0370. The van der Waals surface area contributed by atoms with Crippen molar-refractivity contribution in [1.82, 2.24) is 0 Å². The molecule has 0 saturated heterocycles. The highest BCUT2D eigenvalue weighted by molar-refractivity contribution is 7.26. The van der Waals surface area contributed by atoms with Crippen LogP contribution in [0.5, 0.6) is 0 Å². The van der Waals surface area contributed by atoms with Gasteiger partial charge < -0.3 is 0 Å². The van der Waals surface area contributed by atoms with Gasteiger partial charge in [0.15, 0.2) is 0 Å². The van der Waals surface area contributed by atoms with Crippen molar-refractivity contribution in [2.24, 2.45) is 0 Å². The fourth-order valence-corrected chi connectivity index (χ4v) is 5.50.